The zero-order chi connectivity index (χ0) is 19.2. The second kappa shape index (κ2) is 10.8. The highest BCUT2D eigenvalue weighted by Gasteiger charge is 2.27. The van der Waals surface area contributed by atoms with E-state index in [1.807, 2.05) is 16.3 Å². The minimum atomic E-state index is -0.122. The Balaban J connectivity index is 0.00000280. The van der Waals surface area contributed by atoms with Crippen molar-refractivity contribution in [2.24, 2.45) is 5.92 Å². The molecule has 0 bridgehead atoms. The summed E-state index contributed by atoms with van der Waals surface area (Å²) >= 11 is 1.38. The predicted octanol–water partition coefficient (Wildman–Crippen LogP) is 1.35. The van der Waals surface area contributed by atoms with E-state index in [1.165, 1.54) is 16.2 Å². The summed E-state index contributed by atoms with van der Waals surface area (Å²) in [7, 11) is 1.66. The van der Waals surface area contributed by atoms with E-state index < -0.39 is 0 Å². The van der Waals surface area contributed by atoms with Gasteiger partial charge in [-0.1, -0.05) is 6.07 Å². The number of likely N-dealkylation sites (tertiary alicyclic amines) is 1. The van der Waals surface area contributed by atoms with Gasteiger partial charge in [0.1, 0.15) is 0 Å². The van der Waals surface area contributed by atoms with Gasteiger partial charge in [0.25, 0.3) is 5.91 Å². The molecule has 2 unspecified atom stereocenters. The van der Waals surface area contributed by atoms with E-state index in [9.17, 15) is 14.4 Å². The quantitative estimate of drug-likeness (QED) is 0.716. The number of thiophene rings is 1. The van der Waals surface area contributed by atoms with Gasteiger partial charge in [0, 0.05) is 26.7 Å². The average Bonchev–Trinajstić information content (AvgIpc) is 3.39. The largest absolute Gasteiger partial charge is 0.354 e. The fourth-order valence-corrected chi connectivity index (χ4v) is 4.42. The number of rotatable bonds is 6. The van der Waals surface area contributed by atoms with Crippen LogP contribution >= 0.6 is 23.7 Å². The van der Waals surface area contributed by atoms with Gasteiger partial charge in [-0.3, -0.25) is 14.4 Å². The minimum absolute atomic E-state index is 0. The smallest absolute Gasteiger partial charge is 0.264 e. The number of nitrogens with zero attached hydrogens (tertiary/aromatic N) is 2. The first kappa shape index (κ1) is 22.6. The fraction of sp³-hybridized carbons (Fsp3) is 0.632. The molecule has 28 heavy (non-hydrogen) atoms. The molecule has 2 saturated heterocycles. The molecule has 1 aromatic rings. The van der Waals surface area contributed by atoms with E-state index in [-0.39, 0.29) is 48.6 Å². The molecule has 0 aliphatic carbocycles. The Morgan fingerprint density at radius 2 is 2.14 bits per heavy atom. The lowest BCUT2D eigenvalue weighted by atomic mass is 9.97. The molecule has 0 saturated carbocycles. The molecule has 0 radical (unpaired) electrons. The van der Waals surface area contributed by atoms with Crippen LogP contribution in [0, 0.1) is 5.92 Å². The Morgan fingerprint density at radius 1 is 1.32 bits per heavy atom. The van der Waals surface area contributed by atoms with Crippen LogP contribution in [0.1, 0.15) is 35.4 Å². The van der Waals surface area contributed by atoms with Crippen molar-refractivity contribution in [3.05, 3.63) is 22.4 Å². The lowest BCUT2D eigenvalue weighted by Crippen LogP contribution is -2.48. The molecule has 0 aromatic carbocycles. The number of hydrogen-bond donors (Lipinski definition) is 2. The third-order valence-corrected chi connectivity index (χ3v) is 6.12. The van der Waals surface area contributed by atoms with Gasteiger partial charge < -0.3 is 20.4 Å². The van der Waals surface area contributed by atoms with Gasteiger partial charge in [-0.15, -0.1) is 23.7 Å². The second-order valence-electron chi connectivity index (χ2n) is 7.38. The maximum Gasteiger partial charge on any atom is 0.264 e. The zero-order valence-corrected chi connectivity index (χ0v) is 17.8. The SMILES string of the molecule is CN(CC(=O)N1CCCC(CNC(=O)C2CCCN2)C1)C(=O)c1cccs1.Cl. The first-order chi connectivity index (χ1) is 13.0. The number of carbonyl (C=O) groups excluding carboxylic acids is 3. The van der Waals surface area contributed by atoms with Crippen molar-refractivity contribution in [2.45, 2.75) is 31.7 Å². The molecule has 7 nitrogen and oxygen atoms in total. The summed E-state index contributed by atoms with van der Waals surface area (Å²) in [5, 5.41) is 8.09. The summed E-state index contributed by atoms with van der Waals surface area (Å²) in [4.78, 5) is 41.0. The lowest BCUT2D eigenvalue weighted by Gasteiger charge is -2.34. The number of hydrogen-bond acceptors (Lipinski definition) is 5. The van der Waals surface area contributed by atoms with E-state index in [0.29, 0.717) is 24.5 Å². The minimum Gasteiger partial charge on any atom is -0.354 e. The Labute approximate surface area is 176 Å². The highest BCUT2D eigenvalue weighted by Crippen LogP contribution is 2.17. The zero-order valence-electron chi connectivity index (χ0n) is 16.2. The number of carbonyl (C=O) groups is 3. The Kier molecular flexibility index (Phi) is 8.72. The van der Waals surface area contributed by atoms with Crippen LogP contribution < -0.4 is 10.6 Å². The molecule has 3 rings (SSSR count). The van der Waals surface area contributed by atoms with Gasteiger partial charge >= 0.3 is 0 Å². The van der Waals surface area contributed by atoms with Crippen LogP contribution in [0.4, 0.5) is 0 Å². The van der Waals surface area contributed by atoms with E-state index >= 15 is 0 Å². The van der Waals surface area contributed by atoms with Crippen LogP contribution in [0.5, 0.6) is 0 Å². The molecule has 156 valence electrons. The molecular weight excluding hydrogens is 400 g/mol. The van der Waals surface area contributed by atoms with Gasteiger partial charge in [0.15, 0.2) is 0 Å². The summed E-state index contributed by atoms with van der Waals surface area (Å²) < 4.78 is 0. The van der Waals surface area contributed by atoms with Gasteiger partial charge in [0.05, 0.1) is 17.5 Å². The number of likely N-dealkylation sites (N-methyl/N-ethyl adjacent to an activating group) is 1. The van der Waals surface area contributed by atoms with E-state index in [2.05, 4.69) is 10.6 Å². The van der Waals surface area contributed by atoms with Crippen LogP contribution in [0.3, 0.4) is 0 Å². The van der Waals surface area contributed by atoms with Gasteiger partial charge in [-0.05, 0) is 49.6 Å². The number of halogens is 1. The van der Waals surface area contributed by atoms with Crippen molar-refractivity contribution >= 4 is 41.5 Å². The van der Waals surface area contributed by atoms with E-state index in [4.69, 9.17) is 0 Å². The topological polar surface area (TPSA) is 81.8 Å². The molecule has 3 heterocycles. The van der Waals surface area contributed by atoms with Gasteiger partial charge in [0.2, 0.25) is 11.8 Å². The summed E-state index contributed by atoms with van der Waals surface area (Å²) in [6, 6.07) is 3.54. The Bertz CT molecular complexity index is 664. The fourth-order valence-electron chi connectivity index (χ4n) is 3.70. The molecule has 3 amide bonds. The van der Waals surface area contributed by atoms with Crippen molar-refractivity contribution in [2.75, 3.05) is 39.8 Å². The van der Waals surface area contributed by atoms with Crippen LogP contribution in [0.15, 0.2) is 17.5 Å². The van der Waals surface area contributed by atoms with Crippen LogP contribution in [0.2, 0.25) is 0 Å². The number of nitrogens with one attached hydrogen (secondary N) is 2. The number of piperidine rings is 1. The maximum absolute atomic E-state index is 12.6. The monoisotopic (exact) mass is 428 g/mol. The first-order valence-electron chi connectivity index (χ1n) is 9.62. The van der Waals surface area contributed by atoms with Crippen LogP contribution in [-0.2, 0) is 9.59 Å². The Morgan fingerprint density at radius 3 is 2.82 bits per heavy atom. The standard InChI is InChI=1S/C19H28N4O3S.ClH/c1-22(19(26)16-7-4-10-27-16)13-17(24)23-9-3-5-14(12-23)11-21-18(25)15-6-2-8-20-15;/h4,7,10,14-15,20H,2-3,5-6,8-9,11-13H2,1H3,(H,21,25);1H. The molecule has 2 fully saturated rings. The van der Waals surface area contributed by atoms with Crippen LogP contribution in [0.25, 0.3) is 0 Å². The maximum atomic E-state index is 12.6. The molecular formula is C19H29ClN4O3S. The lowest BCUT2D eigenvalue weighted by molar-refractivity contribution is -0.133. The van der Waals surface area contributed by atoms with Crippen molar-refractivity contribution in [3.63, 3.8) is 0 Å². The van der Waals surface area contributed by atoms with Crippen molar-refractivity contribution in [1.29, 1.82) is 0 Å². The third kappa shape index (κ3) is 5.93. The molecule has 2 atom stereocenters. The summed E-state index contributed by atoms with van der Waals surface area (Å²) in [5.74, 6) is 0.183. The van der Waals surface area contributed by atoms with Crippen molar-refractivity contribution < 1.29 is 14.4 Å². The summed E-state index contributed by atoms with van der Waals surface area (Å²) in [6.07, 6.45) is 3.87. The summed E-state index contributed by atoms with van der Waals surface area (Å²) in [5.41, 5.74) is 0. The Hall–Kier alpha value is -1.64. The van der Waals surface area contributed by atoms with Crippen molar-refractivity contribution in [1.82, 2.24) is 20.4 Å². The van der Waals surface area contributed by atoms with E-state index in [0.717, 1.165) is 32.2 Å². The van der Waals surface area contributed by atoms with Crippen molar-refractivity contribution in [3.8, 4) is 0 Å². The van der Waals surface area contributed by atoms with Gasteiger partial charge in [-0.2, -0.15) is 0 Å². The molecule has 2 N–H and O–H groups in total. The van der Waals surface area contributed by atoms with Crippen LogP contribution in [-0.4, -0.2) is 73.3 Å². The molecule has 1 aromatic heterocycles. The first-order valence-corrected chi connectivity index (χ1v) is 10.5. The average molecular weight is 429 g/mol. The molecule has 9 heteroatoms. The molecule has 2 aliphatic rings. The summed E-state index contributed by atoms with van der Waals surface area (Å²) in [6.45, 7) is 2.95. The normalized spacial score (nSPS) is 21.7. The molecule has 2 aliphatic heterocycles. The third-order valence-electron chi connectivity index (χ3n) is 5.26. The second-order valence-corrected chi connectivity index (χ2v) is 8.33. The predicted molar refractivity (Wildman–Crippen MR) is 112 cm³/mol. The number of amides is 3. The van der Waals surface area contributed by atoms with Gasteiger partial charge in [-0.25, -0.2) is 0 Å². The van der Waals surface area contributed by atoms with E-state index in [1.54, 1.807) is 13.1 Å². The molecule has 0 spiro atoms. The highest BCUT2D eigenvalue weighted by atomic mass is 35.5. The highest BCUT2D eigenvalue weighted by molar-refractivity contribution is 7.12.